The van der Waals surface area contributed by atoms with Crippen LogP contribution in [0.1, 0.15) is 38.9 Å². The molecule has 1 amide bonds. The van der Waals surface area contributed by atoms with Crippen molar-refractivity contribution in [2.45, 2.75) is 19.6 Å². The number of benzene rings is 3. The van der Waals surface area contributed by atoms with Crippen molar-refractivity contribution >= 4 is 22.8 Å². The van der Waals surface area contributed by atoms with Crippen LogP contribution in [0.15, 0.2) is 100 Å². The number of hydrogen-bond donors (Lipinski definition) is 0. The van der Waals surface area contributed by atoms with Crippen molar-refractivity contribution in [3.05, 3.63) is 129 Å². The molecule has 0 radical (unpaired) electrons. The van der Waals surface area contributed by atoms with E-state index >= 15 is 0 Å². The third-order valence-corrected chi connectivity index (χ3v) is 6.24. The van der Waals surface area contributed by atoms with E-state index in [4.69, 9.17) is 9.15 Å². The highest BCUT2D eigenvalue weighted by Gasteiger charge is 2.44. The number of rotatable bonds is 5. The first-order chi connectivity index (χ1) is 17.6. The Balaban J connectivity index is 1.44. The average molecular weight is 476 g/mol. The summed E-state index contributed by atoms with van der Waals surface area (Å²) in [6.07, 6.45) is 3.12. The number of amides is 1. The topological polar surface area (TPSA) is 85.5 Å². The molecule has 1 atom stereocenters. The van der Waals surface area contributed by atoms with Crippen molar-refractivity contribution in [3.8, 4) is 5.75 Å². The van der Waals surface area contributed by atoms with Gasteiger partial charge in [0, 0.05) is 12.4 Å². The quantitative estimate of drug-likeness (QED) is 0.346. The zero-order valence-corrected chi connectivity index (χ0v) is 19.4. The number of nitrogens with zero attached hydrogens (tertiary/aromatic N) is 3. The molecule has 2 aromatic heterocycles. The molecule has 0 saturated carbocycles. The first kappa shape index (κ1) is 21.7. The highest BCUT2D eigenvalue weighted by Crippen LogP contribution is 2.40. The molecule has 1 unspecified atom stereocenters. The minimum atomic E-state index is -0.737. The summed E-state index contributed by atoms with van der Waals surface area (Å²) < 4.78 is 11.9. The molecule has 5 aromatic rings. The lowest BCUT2D eigenvalue weighted by Gasteiger charge is -2.23. The van der Waals surface area contributed by atoms with Crippen molar-refractivity contribution < 1.29 is 13.9 Å². The van der Waals surface area contributed by atoms with Gasteiger partial charge in [0.05, 0.1) is 17.0 Å². The van der Waals surface area contributed by atoms with Gasteiger partial charge in [-0.25, -0.2) is 9.97 Å². The van der Waals surface area contributed by atoms with Gasteiger partial charge in [-0.05, 0) is 48.4 Å². The molecule has 3 heterocycles. The highest BCUT2D eigenvalue weighted by molar-refractivity contribution is 6.09. The Kier molecular flexibility index (Phi) is 5.30. The molecule has 0 fully saturated rings. The van der Waals surface area contributed by atoms with E-state index in [0.29, 0.717) is 23.3 Å². The van der Waals surface area contributed by atoms with Gasteiger partial charge in [0.2, 0.25) is 11.7 Å². The van der Waals surface area contributed by atoms with Crippen LogP contribution in [0.25, 0.3) is 11.0 Å². The number of ether oxygens (including phenoxy) is 1. The van der Waals surface area contributed by atoms with E-state index in [-0.39, 0.29) is 22.7 Å². The molecule has 0 aliphatic carbocycles. The summed E-state index contributed by atoms with van der Waals surface area (Å²) in [7, 11) is 0. The molecule has 7 nitrogen and oxygen atoms in total. The Morgan fingerprint density at radius 1 is 0.917 bits per heavy atom. The minimum Gasteiger partial charge on any atom is -0.489 e. The Bertz CT molecular complexity index is 1630. The van der Waals surface area contributed by atoms with Crippen LogP contribution in [0.2, 0.25) is 0 Å². The minimum absolute atomic E-state index is 0.0122. The van der Waals surface area contributed by atoms with E-state index in [2.05, 4.69) is 9.97 Å². The van der Waals surface area contributed by atoms with E-state index in [9.17, 15) is 9.59 Å². The Labute approximate surface area is 206 Å². The van der Waals surface area contributed by atoms with Crippen LogP contribution in [-0.2, 0) is 6.61 Å². The largest absolute Gasteiger partial charge is 0.489 e. The van der Waals surface area contributed by atoms with Crippen LogP contribution < -0.4 is 15.1 Å². The van der Waals surface area contributed by atoms with Crippen LogP contribution in [-0.4, -0.2) is 15.9 Å². The van der Waals surface area contributed by atoms with Crippen LogP contribution in [0.5, 0.6) is 5.75 Å². The second-order valence-corrected chi connectivity index (χ2v) is 8.64. The molecule has 36 heavy (non-hydrogen) atoms. The predicted octanol–water partition coefficient (Wildman–Crippen LogP) is 5.22. The second kappa shape index (κ2) is 8.78. The van der Waals surface area contributed by atoms with E-state index in [1.54, 1.807) is 30.6 Å². The van der Waals surface area contributed by atoms with E-state index in [1.807, 2.05) is 67.6 Å². The monoisotopic (exact) mass is 475 g/mol. The number of anilines is 1. The summed E-state index contributed by atoms with van der Waals surface area (Å²) in [6, 6.07) is 23.5. The number of hydrogen-bond acceptors (Lipinski definition) is 6. The van der Waals surface area contributed by atoms with Crippen molar-refractivity contribution in [2.24, 2.45) is 0 Å². The Morgan fingerprint density at radius 2 is 1.67 bits per heavy atom. The lowest BCUT2D eigenvalue weighted by molar-refractivity contribution is 0.0969. The third kappa shape index (κ3) is 3.71. The van der Waals surface area contributed by atoms with Gasteiger partial charge in [-0.3, -0.25) is 14.5 Å². The van der Waals surface area contributed by atoms with Crippen LogP contribution in [0.4, 0.5) is 5.95 Å². The van der Waals surface area contributed by atoms with Gasteiger partial charge in [0.15, 0.2) is 5.43 Å². The van der Waals surface area contributed by atoms with Crippen LogP contribution in [0.3, 0.4) is 0 Å². The summed E-state index contributed by atoms with van der Waals surface area (Å²) in [4.78, 5) is 37.3. The number of aryl methyl sites for hydroxylation is 1. The van der Waals surface area contributed by atoms with Gasteiger partial charge >= 0.3 is 0 Å². The summed E-state index contributed by atoms with van der Waals surface area (Å²) in [5.41, 5.74) is 3.13. The van der Waals surface area contributed by atoms with Crippen molar-refractivity contribution in [3.63, 3.8) is 0 Å². The number of fused-ring (bicyclic) bond motifs is 2. The number of carbonyl (C=O) groups excluding carboxylic acids is 1. The van der Waals surface area contributed by atoms with Gasteiger partial charge in [0.1, 0.15) is 17.9 Å². The summed E-state index contributed by atoms with van der Waals surface area (Å²) in [6.45, 7) is 2.34. The van der Waals surface area contributed by atoms with Crippen LogP contribution in [0, 0.1) is 6.92 Å². The Morgan fingerprint density at radius 3 is 2.42 bits per heavy atom. The molecular weight excluding hydrogens is 454 g/mol. The fourth-order valence-electron chi connectivity index (χ4n) is 4.51. The smallest absolute Gasteiger partial charge is 0.297 e. The number of carbonyl (C=O) groups is 1. The molecule has 6 rings (SSSR count). The average Bonchev–Trinajstić information content (AvgIpc) is 3.21. The van der Waals surface area contributed by atoms with E-state index < -0.39 is 11.9 Å². The fraction of sp³-hybridized carbons (Fsp3) is 0.103. The summed E-state index contributed by atoms with van der Waals surface area (Å²) in [5.74, 6) is 0.433. The zero-order chi connectivity index (χ0) is 24.6. The Hall–Kier alpha value is -4.78. The van der Waals surface area contributed by atoms with Gasteiger partial charge in [0.25, 0.3) is 5.91 Å². The standard InChI is InChI=1S/C29H21N3O4/c1-18-8-13-23-22(16-18)26(33)24-25(32(28(34)27(24)36-23)29-30-14-5-15-31-29)20-9-11-21(12-10-20)35-17-19-6-3-2-4-7-19/h2-16,25H,17H2,1H3. The maximum absolute atomic E-state index is 13.7. The van der Waals surface area contributed by atoms with E-state index in [1.165, 1.54) is 4.90 Å². The second-order valence-electron chi connectivity index (χ2n) is 8.64. The first-order valence-corrected chi connectivity index (χ1v) is 11.5. The molecule has 3 aromatic carbocycles. The molecule has 1 aliphatic rings. The molecule has 1 aliphatic heterocycles. The first-order valence-electron chi connectivity index (χ1n) is 11.5. The fourth-order valence-corrected chi connectivity index (χ4v) is 4.51. The third-order valence-electron chi connectivity index (χ3n) is 6.24. The SMILES string of the molecule is Cc1ccc2oc3c(c(=O)c2c1)C(c1ccc(OCc2ccccc2)cc1)N(c1ncccn1)C3=O. The van der Waals surface area contributed by atoms with Crippen molar-refractivity contribution in [1.29, 1.82) is 0 Å². The maximum Gasteiger partial charge on any atom is 0.297 e. The maximum atomic E-state index is 13.7. The van der Waals surface area contributed by atoms with Gasteiger partial charge in [-0.15, -0.1) is 0 Å². The molecule has 0 spiro atoms. The zero-order valence-electron chi connectivity index (χ0n) is 19.4. The molecular formula is C29H21N3O4. The van der Waals surface area contributed by atoms with Crippen molar-refractivity contribution in [2.75, 3.05) is 4.90 Å². The van der Waals surface area contributed by atoms with Gasteiger partial charge in [-0.2, -0.15) is 0 Å². The summed E-state index contributed by atoms with van der Waals surface area (Å²) >= 11 is 0. The molecule has 0 bridgehead atoms. The predicted molar refractivity (Wildman–Crippen MR) is 135 cm³/mol. The number of aromatic nitrogens is 2. The van der Waals surface area contributed by atoms with Crippen molar-refractivity contribution in [1.82, 2.24) is 9.97 Å². The lowest BCUT2D eigenvalue weighted by Crippen LogP contribution is -2.31. The summed E-state index contributed by atoms with van der Waals surface area (Å²) in [5, 5.41) is 0.435. The highest BCUT2D eigenvalue weighted by atomic mass is 16.5. The van der Waals surface area contributed by atoms with Gasteiger partial charge in [-0.1, -0.05) is 54.1 Å². The lowest BCUT2D eigenvalue weighted by atomic mass is 9.98. The van der Waals surface area contributed by atoms with Crippen LogP contribution >= 0.6 is 0 Å². The normalized spacial score (nSPS) is 14.8. The van der Waals surface area contributed by atoms with Gasteiger partial charge < -0.3 is 9.15 Å². The molecule has 0 N–H and O–H groups in total. The molecule has 176 valence electrons. The molecule has 7 heteroatoms. The molecule has 0 saturated heterocycles. The van der Waals surface area contributed by atoms with E-state index in [0.717, 1.165) is 16.7 Å².